The van der Waals surface area contributed by atoms with E-state index < -0.39 is 0 Å². The van der Waals surface area contributed by atoms with Crippen LogP contribution >= 0.6 is 0 Å². The van der Waals surface area contributed by atoms with Crippen molar-refractivity contribution < 1.29 is 0 Å². The van der Waals surface area contributed by atoms with Crippen LogP contribution in [0.5, 0.6) is 0 Å². The van der Waals surface area contributed by atoms with Crippen LogP contribution in [-0.2, 0) is 5.41 Å². The molecule has 0 atom stereocenters. The quantitative estimate of drug-likeness (QED) is 0.178. The fourth-order valence-electron chi connectivity index (χ4n) is 11.9. The zero-order valence-corrected chi connectivity index (χ0v) is 31.3. The lowest BCUT2D eigenvalue weighted by molar-refractivity contribution is -0.0393. The first-order chi connectivity index (χ1) is 27.7. The van der Waals surface area contributed by atoms with Crippen LogP contribution in [0.15, 0.2) is 164 Å². The molecule has 56 heavy (non-hydrogen) atoms. The second-order valence-electron chi connectivity index (χ2n) is 16.8. The van der Waals surface area contributed by atoms with E-state index in [4.69, 9.17) is 15.0 Å². The molecule has 268 valence electrons. The fraction of sp³-hybridized carbons (Fsp3) is 0.189. The van der Waals surface area contributed by atoms with E-state index in [0.29, 0.717) is 29.3 Å². The Bertz CT molecular complexity index is 2760. The highest BCUT2D eigenvalue weighted by molar-refractivity contribution is 6.02. The van der Waals surface area contributed by atoms with Crippen molar-refractivity contribution >= 4 is 10.8 Å². The van der Waals surface area contributed by atoms with Gasteiger partial charge in [-0.3, -0.25) is 0 Å². The third-order valence-corrected chi connectivity index (χ3v) is 13.9. The Balaban J connectivity index is 0.973. The van der Waals surface area contributed by atoms with Crippen LogP contribution in [0.3, 0.4) is 0 Å². The maximum atomic E-state index is 5.10. The summed E-state index contributed by atoms with van der Waals surface area (Å²) in [4.78, 5) is 15.2. The molecule has 1 heterocycles. The van der Waals surface area contributed by atoms with Crippen LogP contribution in [-0.4, -0.2) is 15.0 Å². The summed E-state index contributed by atoms with van der Waals surface area (Å²) in [5, 5.41) is 2.83. The molecule has 0 aliphatic heterocycles. The lowest BCUT2D eigenvalue weighted by Crippen LogP contribution is -2.55. The lowest BCUT2D eigenvalue weighted by Gasteiger charge is -2.61. The van der Waals surface area contributed by atoms with Gasteiger partial charge in [-0.15, -0.1) is 0 Å². The average Bonchev–Trinajstić information content (AvgIpc) is 3.57. The summed E-state index contributed by atoms with van der Waals surface area (Å²) in [6, 6.07) is 59.4. The molecule has 5 aliphatic rings. The van der Waals surface area contributed by atoms with Crippen molar-refractivity contribution in [3.8, 4) is 67.5 Å². The Kier molecular flexibility index (Phi) is 7.11. The Hall–Kier alpha value is -6.19. The first-order valence-corrected chi connectivity index (χ1v) is 20.4. The van der Waals surface area contributed by atoms with Gasteiger partial charge in [0.1, 0.15) is 0 Å². The van der Waals surface area contributed by atoms with E-state index >= 15 is 0 Å². The van der Waals surface area contributed by atoms with Gasteiger partial charge in [0, 0.05) is 22.1 Å². The number of hydrogen-bond acceptors (Lipinski definition) is 3. The van der Waals surface area contributed by atoms with Gasteiger partial charge in [-0.05, 0) is 111 Å². The standard InChI is InChI=1S/C53H41N3/c1-3-10-35(11-4-1)36-18-22-40(23-19-36)51-54-50(39-13-5-2-6-14-39)55-52(56-51)41-24-20-38(21-25-41)44-16-9-17-47-48(44)46-27-26-37-12-7-8-15-45(37)49(46)53(47)42-29-33-28-34(31-42)32-43(53)30-33/h1-27,33-34,42-43H,28-32H2. The number of aromatic nitrogens is 3. The van der Waals surface area contributed by atoms with Gasteiger partial charge in [0.25, 0.3) is 0 Å². The zero-order chi connectivity index (χ0) is 36.8. The normalized spacial score (nSPS) is 22.7. The summed E-state index contributed by atoms with van der Waals surface area (Å²) in [6.07, 6.45) is 6.98. The summed E-state index contributed by atoms with van der Waals surface area (Å²) in [5.74, 6) is 5.27. The summed E-state index contributed by atoms with van der Waals surface area (Å²) in [5.41, 5.74) is 14.1. The number of rotatable bonds is 5. The van der Waals surface area contributed by atoms with E-state index in [2.05, 4.69) is 140 Å². The maximum absolute atomic E-state index is 5.10. The summed E-state index contributed by atoms with van der Waals surface area (Å²) in [7, 11) is 0. The van der Waals surface area contributed by atoms with Gasteiger partial charge < -0.3 is 0 Å². The first kappa shape index (κ1) is 32.1. The van der Waals surface area contributed by atoms with Gasteiger partial charge >= 0.3 is 0 Å². The van der Waals surface area contributed by atoms with Crippen LogP contribution in [0.4, 0.5) is 0 Å². The van der Waals surface area contributed by atoms with Crippen molar-refractivity contribution in [3.63, 3.8) is 0 Å². The lowest BCUT2D eigenvalue weighted by atomic mass is 9.43. The van der Waals surface area contributed by atoms with E-state index in [-0.39, 0.29) is 5.41 Å². The molecule has 4 fully saturated rings. The minimum Gasteiger partial charge on any atom is -0.208 e. The average molecular weight is 720 g/mol. The van der Waals surface area contributed by atoms with E-state index in [1.807, 2.05) is 24.3 Å². The molecule has 1 aromatic heterocycles. The second-order valence-corrected chi connectivity index (χ2v) is 16.8. The van der Waals surface area contributed by atoms with Crippen molar-refractivity contribution in [1.82, 2.24) is 15.0 Å². The smallest absolute Gasteiger partial charge is 0.164 e. The van der Waals surface area contributed by atoms with Gasteiger partial charge in [-0.1, -0.05) is 164 Å². The van der Waals surface area contributed by atoms with Crippen LogP contribution in [0, 0.1) is 23.7 Å². The van der Waals surface area contributed by atoms with Gasteiger partial charge in [0.05, 0.1) is 0 Å². The topological polar surface area (TPSA) is 38.7 Å². The number of hydrogen-bond donors (Lipinski definition) is 0. The van der Waals surface area contributed by atoms with E-state index in [1.54, 1.807) is 11.1 Å². The predicted molar refractivity (Wildman–Crippen MR) is 228 cm³/mol. The Morgan fingerprint density at radius 1 is 0.375 bits per heavy atom. The van der Waals surface area contributed by atoms with E-state index in [0.717, 1.165) is 28.5 Å². The molecule has 3 heteroatoms. The molecule has 0 N–H and O–H groups in total. The molecule has 0 amide bonds. The van der Waals surface area contributed by atoms with Crippen LogP contribution in [0.1, 0.15) is 43.2 Å². The predicted octanol–water partition coefficient (Wildman–Crippen LogP) is 13.1. The van der Waals surface area contributed by atoms with Crippen LogP contribution in [0.2, 0.25) is 0 Å². The van der Waals surface area contributed by atoms with Crippen LogP contribution in [0.25, 0.3) is 78.3 Å². The Morgan fingerprint density at radius 3 is 1.50 bits per heavy atom. The van der Waals surface area contributed by atoms with Gasteiger partial charge in [-0.2, -0.15) is 0 Å². The molecule has 4 bridgehead atoms. The Labute approximate surface area is 328 Å². The summed E-state index contributed by atoms with van der Waals surface area (Å²) in [6.45, 7) is 0. The molecule has 7 aromatic carbocycles. The number of benzene rings is 7. The summed E-state index contributed by atoms with van der Waals surface area (Å²) < 4.78 is 0. The number of nitrogens with zero attached hydrogens (tertiary/aromatic N) is 3. The van der Waals surface area contributed by atoms with Gasteiger partial charge in [0.15, 0.2) is 17.5 Å². The molecule has 3 nitrogen and oxygen atoms in total. The molecule has 4 saturated carbocycles. The van der Waals surface area contributed by atoms with Gasteiger partial charge in [-0.25, -0.2) is 15.0 Å². The molecular weight excluding hydrogens is 679 g/mol. The second kappa shape index (κ2) is 12.4. The molecule has 0 radical (unpaired) electrons. The minimum atomic E-state index is 0.101. The monoisotopic (exact) mass is 719 g/mol. The fourth-order valence-corrected chi connectivity index (χ4v) is 11.9. The van der Waals surface area contributed by atoms with Crippen molar-refractivity contribution in [2.24, 2.45) is 23.7 Å². The third kappa shape index (κ3) is 4.79. The van der Waals surface area contributed by atoms with Gasteiger partial charge in [0.2, 0.25) is 0 Å². The zero-order valence-electron chi connectivity index (χ0n) is 31.3. The largest absolute Gasteiger partial charge is 0.208 e. The maximum Gasteiger partial charge on any atom is 0.164 e. The molecule has 13 rings (SSSR count). The van der Waals surface area contributed by atoms with Crippen molar-refractivity contribution in [1.29, 1.82) is 0 Å². The van der Waals surface area contributed by atoms with Crippen molar-refractivity contribution in [2.75, 3.05) is 0 Å². The molecule has 8 aromatic rings. The highest BCUT2D eigenvalue weighted by atomic mass is 15.0. The molecule has 1 spiro atoms. The number of fused-ring (bicyclic) bond motifs is 5. The first-order valence-electron chi connectivity index (χ1n) is 20.4. The van der Waals surface area contributed by atoms with Crippen LogP contribution < -0.4 is 0 Å². The summed E-state index contributed by atoms with van der Waals surface area (Å²) >= 11 is 0. The van der Waals surface area contributed by atoms with Crippen molar-refractivity contribution in [2.45, 2.75) is 37.5 Å². The van der Waals surface area contributed by atoms with E-state index in [9.17, 15) is 0 Å². The molecule has 0 saturated heterocycles. The SMILES string of the molecule is c1ccc(-c2ccc(-c3nc(-c4ccccc4)nc(-c4ccc(-c5cccc6c5-c5ccc7ccccc7c5C65C6CC7CC(C6)CC5C7)cc4)n3)cc2)cc1. The third-order valence-electron chi connectivity index (χ3n) is 13.9. The Morgan fingerprint density at radius 2 is 0.875 bits per heavy atom. The molecule has 5 aliphatic carbocycles. The minimum absolute atomic E-state index is 0.101. The molecular formula is C53H41N3. The highest BCUT2D eigenvalue weighted by Crippen LogP contribution is 2.70. The highest BCUT2D eigenvalue weighted by Gasteiger charge is 2.62. The molecule has 0 unspecified atom stereocenters. The van der Waals surface area contributed by atoms with Crippen molar-refractivity contribution in [3.05, 3.63) is 175 Å². The van der Waals surface area contributed by atoms with E-state index in [1.165, 1.54) is 76.3 Å².